The minimum absolute atomic E-state index is 0.0263. The molecule has 0 fully saturated rings. The molecule has 0 radical (unpaired) electrons. The van der Waals surface area contributed by atoms with Gasteiger partial charge in [-0.2, -0.15) is 0 Å². The van der Waals surface area contributed by atoms with Crippen molar-refractivity contribution in [3.63, 3.8) is 0 Å². The maximum Gasteiger partial charge on any atom is 0.255 e. The molecule has 1 aromatic carbocycles. The first-order valence-corrected chi connectivity index (χ1v) is 5.90. The van der Waals surface area contributed by atoms with Crippen LogP contribution in [-0.4, -0.2) is 27.3 Å². The van der Waals surface area contributed by atoms with E-state index in [1.165, 1.54) is 0 Å². The van der Waals surface area contributed by atoms with E-state index in [0.29, 0.717) is 5.56 Å². The van der Waals surface area contributed by atoms with Gasteiger partial charge in [0.1, 0.15) is 5.75 Å². The normalized spacial score (nSPS) is 12.3. The van der Waals surface area contributed by atoms with E-state index in [4.69, 9.17) is 0 Å². The van der Waals surface area contributed by atoms with Crippen LogP contribution in [0.1, 0.15) is 43.6 Å². The molecular weight excluding hydrogens is 230 g/mol. The molecule has 3 N–H and O–H groups in total. The fourth-order valence-corrected chi connectivity index (χ4v) is 1.35. The molecule has 4 heteroatoms. The average molecular weight is 251 g/mol. The number of carbonyl (C=O) groups is 1. The highest BCUT2D eigenvalue weighted by Crippen LogP contribution is 2.25. The summed E-state index contributed by atoms with van der Waals surface area (Å²) >= 11 is 0. The molecule has 1 amide bonds. The molecular formula is C14H21NO3. The van der Waals surface area contributed by atoms with Crippen molar-refractivity contribution < 1.29 is 15.0 Å². The van der Waals surface area contributed by atoms with E-state index in [9.17, 15) is 15.0 Å². The van der Waals surface area contributed by atoms with Gasteiger partial charge in [0.25, 0.3) is 5.91 Å². The first kappa shape index (κ1) is 14.5. The second-order valence-electron chi connectivity index (χ2n) is 5.61. The van der Waals surface area contributed by atoms with Gasteiger partial charge in [0.05, 0.1) is 16.7 Å². The van der Waals surface area contributed by atoms with E-state index in [1.807, 2.05) is 0 Å². The Morgan fingerprint density at radius 1 is 1.22 bits per heavy atom. The number of amides is 1. The summed E-state index contributed by atoms with van der Waals surface area (Å²) in [5.41, 5.74) is -1.02. The zero-order valence-corrected chi connectivity index (χ0v) is 11.5. The molecule has 0 spiro atoms. The summed E-state index contributed by atoms with van der Waals surface area (Å²) in [6.45, 7) is 8.45. The maximum absolute atomic E-state index is 12.1. The van der Waals surface area contributed by atoms with E-state index in [2.05, 4.69) is 5.32 Å². The van der Waals surface area contributed by atoms with Gasteiger partial charge < -0.3 is 15.5 Å². The van der Waals surface area contributed by atoms with E-state index in [1.54, 1.807) is 52.8 Å². The Balaban J connectivity index is 3.00. The summed E-state index contributed by atoms with van der Waals surface area (Å²) in [6, 6.07) is 4.99. The van der Waals surface area contributed by atoms with Gasteiger partial charge in [0.15, 0.2) is 0 Å². The summed E-state index contributed by atoms with van der Waals surface area (Å²) in [7, 11) is 0. The van der Waals surface area contributed by atoms with Gasteiger partial charge in [0, 0.05) is 0 Å². The predicted octanol–water partition coefficient (Wildman–Crippen LogP) is 1.98. The summed E-state index contributed by atoms with van der Waals surface area (Å²) in [5, 5.41) is 22.6. The third kappa shape index (κ3) is 2.82. The number of phenolic OH excluding ortho intramolecular Hbond substituents is 1. The van der Waals surface area contributed by atoms with Crippen LogP contribution in [0.25, 0.3) is 0 Å². The second kappa shape index (κ2) is 4.61. The highest BCUT2D eigenvalue weighted by molar-refractivity contribution is 5.97. The minimum Gasteiger partial charge on any atom is -0.507 e. The molecule has 1 aromatic rings. The topological polar surface area (TPSA) is 69.6 Å². The van der Waals surface area contributed by atoms with E-state index in [0.717, 1.165) is 0 Å². The molecule has 0 heterocycles. The SMILES string of the molecule is Cc1cccc(C(=O)NC(C)(C)C(C)(C)O)c1O. The van der Waals surface area contributed by atoms with Crippen molar-refractivity contribution in [3.8, 4) is 5.75 Å². The molecule has 0 aliphatic rings. The first-order chi connectivity index (χ1) is 8.06. The maximum atomic E-state index is 12.1. The minimum atomic E-state index is -1.07. The summed E-state index contributed by atoms with van der Waals surface area (Å²) in [6.07, 6.45) is 0. The number of rotatable bonds is 3. The van der Waals surface area contributed by atoms with Crippen molar-refractivity contribution in [2.75, 3.05) is 0 Å². The van der Waals surface area contributed by atoms with E-state index >= 15 is 0 Å². The number of aromatic hydroxyl groups is 1. The zero-order valence-electron chi connectivity index (χ0n) is 11.5. The van der Waals surface area contributed by atoms with Crippen molar-refractivity contribution in [2.24, 2.45) is 0 Å². The molecule has 0 bridgehead atoms. The number of aliphatic hydroxyl groups is 1. The van der Waals surface area contributed by atoms with Crippen LogP contribution in [0.3, 0.4) is 0 Å². The highest BCUT2D eigenvalue weighted by atomic mass is 16.3. The first-order valence-electron chi connectivity index (χ1n) is 5.90. The molecule has 0 aliphatic heterocycles. The van der Waals surface area contributed by atoms with Gasteiger partial charge in [-0.15, -0.1) is 0 Å². The Morgan fingerprint density at radius 2 is 1.78 bits per heavy atom. The number of para-hydroxylation sites is 1. The smallest absolute Gasteiger partial charge is 0.255 e. The molecule has 0 saturated heterocycles. The molecule has 0 saturated carbocycles. The molecule has 100 valence electrons. The van der Waals surface area contributed by atoms with Crippen molar-refractivity contribution in [1.82, 2.24) is 5.32 Å². The standard InChI is InChI=1S/C14H21NO3/c1-9-7-6-8-10(11(9)16)12(17)15-13(2,3)14(4,5)18/h6-8,16,18H,1-5H3,(H,15,17). The molecule has 0 atom stereocenters. The molecule has 0 unspecified atom stereocenters. The van der Waals surface area contributed by atoms with Gasteiger partial charge >= 0.3 is 0 Å². The van der Waals surface area contributed by atoms with Gasteiger partial charge in [-0.1, -0.05) is 12.1 Å². The van der Waals surface area contributed by atoms with Crippen LogP contribution < -0.4 is 5.32 Å². The van der Waals surface area contributed by atoms with Crippen LogP contribution in [0.5, 0.6) is 5.75 Å². The predicted molar refractivity (Wildman–Crippen MR) is 70.7 cm³/mol. The number of aryl methyl sites for hydroxylation is 1. The van der Waals surface area contributed by atoms with Crippen LogP contribution in [0.4, 0.5) is 0 Å². The summed E-state index contributed by atoms with van der Waals surface area (Å²) < 4.78 is 0. The van der Waals surface area contributed by atoms with Crippen LogP contribution in [0.15, 0.2) is 18.2 Å². The number of phenols is 1. The Morgan fingerprint density at radius 3 is 2.28 bits per heavy atom. The second-order valence-corrected chi connectivity index (χ2v) is 5.61. The monoisotopic (exact) mass is 251 g/mol. The third-order valence-electron chi connectivity index (χ3n) is 3.44. The van der Waals surface area contributed by atoms with Gasteiger partial charge in [-0.05, 0) is 46.2 Å². The Hall–Kier alpha value is -1.55. The lowest BCUT2D eigenvalue weighted by molar-refractivity contribution is -0.00298. The zero-order chi connectivity index (χ0) is 14.1. The van der Waals surface area contributed by atoms with Crippen molar-refractivity contribution in [1.29, 1.82) is 0 Å². The van der Waals surface area contributed by atoms with Crippen LogP contribution in [0.2, 0.25) is 0 Å². The van der Waals surface area contributed by atoms with Crippen molar-refractivity contribution >= 4 is 5.91 Å². The van der Waals surface area contributed by atoms with Gasteiger partial charge in [-0.25, -0.2) is 0 Å². The largest absolute Gasteiger partial charge is 0.507 e. The quantitative estimate of drug-likeness (QED) is 0.769. The lowest BCUT2D eigenvalue weighted by atomic mass is 9.85. The lowest BCUT2D eigenvalue weighted by Gasteiger charge is -2.38. The van der Waals surface area contributed by atoms with Gasteiger partial charge in [-0.3, -0.25) is 4.79 Å². The lowest BCUT2D eigenvalue weighted by Crippen LogP contribution is -2.57. The van der Waals surface area contributed by atoms with Crippen molar-refractivity contribution in [2.45, 2.75) is 45.8 Å². The highest BCUT2D eigenvalue weighted by Gasteiger charge is 2.36. The fraction of sp³-hybridized carbons (Fsp3) is 0.500. The van der Waals surface area contributed by atoms with Gasteiger partial charge in [0.2, 0.25) is 0 Å². The third-order valence-corrected chi connectivity index (χ3v) is 3.44. The summed E-state index contributed by atoms with van der Waals surface area (Å²) in [5.74, 6) is -0.426. The fourth-order valence-electron chi connectivity index (χ4n) is 1.35. The molecule has 18 heavy (non-hydrogen) atoms. The molecule has 0 aromatic heterocycles. The van der Waals surface area contributed by atoms with Crippen LogP contribution in [0, 0.1) is 6.92 Å². The number of carbonyl (C=O) groups excluding carboxylic acids is 1. The van der Waals surface area contributed by atoms with E-state index < -0.39 is 17.0 Å². The Kier molecular flexibility index (Phi) is 3.72. The number of benzene rings is 1. The van der Waals surface area contributed by atoms with Crippen LogP contribution in [-0.2, 0) is 0 Å². The molecule has 0 aliphatic carbocycles. The average Bonchev–Trinajstić information content (AvgIpc) is 2.19. The summed E-state index contributed by atoms with van der Waals surface area (Å²) in [4.78, 5) is 12.1. The Labute approximate surface area is 108 Å². The van der Waals surface area contributed by atoms with E-state index in [-0.39, 0.29) is 11.3 Å². The number of hydrogen-bond acceptors (Lipinski definition) is 3. The Bertz CT molecular complexity index is 459. The molecule has 4 nitrogen and oxygen atoms in total. The van der Waals surface area contributed by atoms with Crippen LogP contribution >= 0.6 is 0 Å². The van der Waals surface area contributed by atoms with Crippen molar-refractivity contribution in [3.05, 3.63) is 29.3 Å². The number of hydrogen-bond donors (Lipinski definition) is 3. The molecule has 1 rings (SSSR count). The number of nitrogens with one attached hydrogen (secondary N) is 1.